The summed E-state index contributed by atoms with van der Waals surface area (Å²) in [6.45, 7) is 7.14. The zero-order chi connectivity index (χ0) is 18.0. The van der Waals surface area contributed by atoms with Crippen molar-refractivity contribution in [3.8, 4) is 0 Å². The van der Waals surface area contributed by atoms with Gasteiger partial charge in [0.25, 0.3) is 11.5 Å². The molecule has 0 aromatic carbocycles. The molecule has 1 fully saturated rings. The topological polar surface area (TPSA) is 111 Å². The van der Waals surface area contributed by atoms with Crippen LogP contribution < -0.4 is 16.6 Å². The van der Waals surface area contributed by atoms with E-state index in [1.165, 1.54) is 0 Å². The van der Waals surface area contributed by atoms with Crippen molar-refractivity contribution in [3.63, 3.8) is 0 Å². The molecule has 0 radical (unpaired) electrons. The highest BCUT2D eigenvalue weighted by Crippen LogP contribution is 2.19. The van der Waals surface area contributed by atoms with Crippen LogP contribution in [0, 0.1) is 12.8 Å². The number of piperidine rings is 1. The van der Waals surface area contributed by atoms with Crippen LogP contribution in [0.25, 0.3) is 11.0 Å². The molecule has 1 aliphatic rings. The minimum Gasteiger partial charge on any atom is -0.337 e. The van der Waals surface area contributed by atoms with Crippen LogP contribution in [0.15, 0.2) is 15.7 Å². The monoisotopic (exact) mass is 417 g/mol. The molecule has 150 valence electrons. The van der Waals surface area contributed by atoms with Crippen molar-refractivity contribution in [2.75, 3.05) is 26.2 Å². The first-order chi connectivity index (χ1) is 12.0. The summed E-state index contributed by atoms with van der Waals surface area (Å²) in [5.41, 5.74) is -0.0892. The Bertz CT molecular complexity index is 904. The van der Waals surface area contributed by atoms with E-state index in [1.807, 2.05) is 0 Å². The first-order valence-electron chi connectivity index (χ1n) is 8.63. The van der Waals surface area contributed by atoms with Crippen LogP contribution >= 0.6 is 24.8 Å². The molecule has 2 aromatic heterocycles. The summed E-state index contributed by atoms with van der Waals surface area (Å²) < 4.78 is 0. The van der Waals surface area contributed by atoms with Gasteiger partial charge in [0.1, 0.15) is 11.3 Å². The first-order valence-corrected chi connectivity index (χ1v) is 8.63. The lowest BCUT2D eigenvalue weighted by Gasteiger charge is -2.32. The number of hydrogen-bond donors (Lipinski definition) is 3. The van der Waals surface area contributed by atoms with Crippen molar-refractivity contribution >= 4 is 41.8 Å². The summed E-state index contributed by atoms with van der Waals surface area (Å²) in [4.78, 5) is 46.8. The van der Waals surface area contributed by atoms with Crippen molar-refractivity contribution in [3.05, 3.63) is 38.2 Å². The summed E-state index contributed by atoms with van der Waals surface area (Å²) in [5.74, 6) is 0.429. The molecule has 27 heavy (non-hydrogen) atoms. The number of halogens is 2. The van der Waals surface area contributed by atoms with E-state index >= 15 is 0 Å². The van der Waals surface area contributed by atoms with Gasteiger partial charge in [0, 0.05) is 13.1 Å². The number of rotatable bonds is 4. The zero-order valence-corrected chi connectivity index (χ0v) is 17.0. The number of amides is 1. The molecule has 10 heteroatoms. The molecule has 8 nitrogen and oxygen atoms in total. The van der Waals surface area contributed by atoms with Gasteiger partial charge in [-0.25, -0.2) is 9.78 Å². The Hall–Kier alpha value is -1.90. The van der Waals surface area contributed by atoms with Gasteiger partial charge in [0.2, 0.25) is 0 Å². The maximum atomic E-state index is 12.8. The van der Waals surface area contributed by atoms with E-state index in [0.29, 0.717) is 30.0 Å². The van der Waals surface area contributed by atoms with Crippen LogP contribution in [0.1, 0.15) is 35.8 Å². The number of aryl methyl sites for hydroxylation is 1. The number of hydrogen-bond acceptors (Lipinski definition) is 5. The Morgan fingerprint density at radius 1 is 1.26 bits per heavy atom. The predicted molar refractivity (Wildman–Crippen MR) is 109 cm³/mol. The van der Waals surface area contributed by atoms with E-state index in [1.54, 1.807) is 17.9 Å². The minimum absolute atomic E-state index is 0. The number of pyridine rings is 1. The minimum atomic E-state index is -0.627. The predicted octanol–water partition coefficient (Wildman–Crippen LogP) is 1.23. The highest BCUT2D eigenvalue weighted by Gasteiger charge is 2.25. The number of carbonyl (C=O) groups excluding carboxylic acids is 1. The van der Waals surface area contributed by atoms with Gasteiger partial charge in [-0.3, -0.25) is 19.6 Å². The summed E-state index contributed by atoms with van der Waals surface area (Å²) in [6.07, 6.45) is 1.92. The summed E-state index contributed by atoms with van der Waals surface area (Å²) in [6, 6.07) is 1.61. The second-order valence-electron chi connectivity index (χ2n) is 6.50. The smallest absolute Gasteiger partial charge is 0.327 e. The lowest BCUT2D eigenvalue weighted by atomic mass is 9.96. The number of carbonyl (C=O) groups is 1. The normalized spacial score (nSPS) is 14.5. The summed E-state index contributed by atoms with van der Waals surface area (Å²) in [7, 11) is 0. The maximum Gasteiger partial charge on any atom is 0.327 e. The number of aromatic nitrogens is 3. The fourth-order valence-electron chi connectivity index (χ4n) is 3.31. The number of nitrogens with one attached hydrogen (secondary N) is 3. The van der Waals surface area contributed by atoms with E-state index in [0.717, 1.165) is 25.9 Å². The maximum absolute atomic E-state index is 12.8. The number of nitrogens with zero attached hydrogens (tertiary/aromatic N) is 2. The van der Waals surface area contributed by atoms with Gasteiger partial charge >= 0.3 is 5.69 Å². The fraction of sp³-hybridized carbons (Fsp3) is 0.529. The Kier molecular flexibility index (Phi) is 8.46. The third-order valence-electron chi connectivity index (χ3n) is 4.71. The van der Waals surface area contributed by atoms with Crippen LogP contribution in [0.3, 0.4) is 0 Å². The van der Waals surface area contributed by atoms with Gasteiger partial charge < -0.3 is 10.2 Å². The third kappa shape index (κ3) is 5.09. The van der Waals surface area contributed by atoms with E-state index in [2.05, 4.69) is 27.2 Å². The Balaban J connectivity index is 0.00000182. The van der Waals surface area contributed by atoms with Crippen molar-refractivity contribution in [1.29, 1.82) is 0 Å². The average molecular weight is 418 g/mol. The van der Waals surface area contributed by atoms with Crippen molar-refractivity contribution < 1.29 is 4.79 Å². The number of aromatic amines is 2. The van der Waals surface area contributed by atoms with Crippen molar-refractivity contribution in [2.45, 2.75) is 26.7 Å². The second-order valence-corrected chi connectivity index (χ2v) is 6.50. The number of H-pyrrole nitrogens is 2. The zero-order valence-electron chi connectivity index (χ0n) is 15.3. The molecule has 0 saturated carbocycles. The molecule has 0 atom stereocenters. The molecular weight excluding hydrogens is 393 g/mol. The molecule has 0 aliphatic carbocycles. The molecule has 1 saturated heterocycles. The van der Waals surface area contributed by atoms with Crippen molar-refractivity contribution in [2.24, 2.45) is 5.92 Å². The van der Waals surface area contributed by atoms with E-state index < -0.39 is 11.2 Å². The average Bonchev–Trinajstić information content (AvgIpc) is 2.58. The van der Waals surface area contributed by atoms with Crippen molar-refractivity contribution in [1.82, 2.24) is 25.2 Å². The Labute approximate surface area is 169 Å². The fourth-order valence-corrected chi connectivity index (χ4v) is 3.31. The SMILES string of the molecule is CCNCC1CCN(C(=O)c2cc(C)c3c(=O)[nH]c(=O)[nH]c3n2)CC1.Cl.Cl. The van der Waals surface area contributed by atoms with E-state index in [9.17, 15) is 14.4 Å². The summed E-state index contributed by atoms with van der Waals surface area (Å²) >= 11 is 0. The van der Waals surface area contributed by atoms with Crippen LogP contribution in [-0.4, -0.2) is 51.9 Å². The molecule has 0 unspecified atom stereocenters. The van der Waals surface area contributed by atoms with Crippen LogP contribution in [0.5, 0.6) is 0 Å². The van der Waals surface area contributed by atoms with Crippen LogP contribution in [0.2, 0.25) is 0 Å². The molecule has 3 rings (SSSR count). The molecular formula is C17H25Cl2N5O3. The standard InChI is InChI=1S/C17H23N5O3.2ClH/c1-3-18-9-11-4-6-22(7-5-11)16(24)12-8-10(2)13-14(19-12)20-17(25)21-15(13)23;;/h8,11,18H,3-7,9H2,1-2H3,(H2,19,20,21,23,25);2*1H. The van der Waals surface area contributed by atoms with Crippen LogP contribution in [0.4, 0.5) is 0 Å². The molecule has 1 aliphatic heterocycles. The molecule has 0 spiro atoms. The molecule has 0 bridgehead atoms. The molecule has 3 N–H and O–H groups in total. The van der Waals surface area contributed by atoms with Gasteiger partial charge in [-0.1, -0.05) is 6.92 Å². The lowest BCUT2D eigenvalue weighted by molar-refractivity contribution is 0.0684. The molecule has 1 amide bonds. The highest BCUT2D eigenvalue weighted by atomic mass is 35.5. The first kappa shape index (κ1) is 23.1. The molecule has 2 aromatic rings. The van der Waals surface area contributed by atoms with Gasteiger partial charge in [-0.2, -0.15) is 0 Å². The van der Waals surface area contributed by atoms with Gasteiger partial charge in [0.05, 0.1) is 5.39 Å². The quantitative estimate of drug-likeness (QED) is 0.692. The van der Waals surface area contributed by atoms with Gasteiger partial charge in [0.15, 0.2) is 0 Å². The largest absolute Gasteiger partial charge is 0.337 e. The second kappa shape index (κ2) is 9.87. The number of likely N-dealkylation sites (tertiary alicyclic amines) is 1. The highest BCUT2D eigenvalue weighted by molar-refractivity contribution is 5.95. The van der Waals surface area contributed by atoms with Gasteiger partial charge in [-0.05, 0) is 50.4 Å². The third-order valence-corrected chi connectivity index (χ3v) is 4.71. The Morgan fingerprint density at radius 2 is 1.93 bits per heavy atom. The van der Waals surface area contributed by atoms with E-state index in [-0.39, 0.29) is 42.1 Å². The lowest BCUT2D eigenvalue weighted by Crippen LogP contribution is -2.41. The Morgan fingerprint density at radius 3 is 2.56 bits per heavy atom. The summed E-state index contributed by atoms with van der Waals surface area (Å²) in [5, 5.41) is 3.66. The molecule has 3 heterocycles. The van der Waals surface area contributed by atoms with E-state index in [4.69, 9.17) is 0 Å². The van der Waals surface area contributed by atoms with Crippen LogP contribution in [-0.2, 0) is 0 Å². The number of fused-ring (bicyclic) bond motifs is 1. The van der Waals surface area contributed by atoms with Gasteiger partial charge in [-0.15, -0.1) is 24.8 Å².